The number of amides is 1. The van der Waals surface area contributed by atoms with E-state index >= 15 is 0 Å². The van der Waals surface area contributed by atoms with Gasteiger partial charge in [0.1, 0.15) is 0 Å². The lowest BCUT2D eigenvalue weighted by molar-refractivity contribution is -0.119. The second-order valence-corrected chi connectivity index (χ2v) is 2.43. The Balaban J connectivity index is 3.91. The van der Waals surface area contributed by atoms with Crippen LogP contribution in [0.15, 0.2) is 5.11 Å². The number of hydrogen-bond donors (Lipinski definition) is 1. The average Bonchev–Trinajstić information content (AvgIpc) is 1.86. The van der Waals surface area contributed by atoms with Gasteiger partial charge in [0.2, 0.25) is 5.91 Å². The van der Waals surface area contributed by atoms with Crippen LogP contribution in [0.3, 0.4) is 0 Å². The van der Waals surface area contributed by atoms with Crippen molar-refractivity contribution in [3.63, 3.8) is 0 Å². The van der Waals surface area contributed by atoms with Crippen LogP contribution in [0.25, 0.3) is 10.4 Å². The molecular weight excluding hydrogens is 144 g/mol. The summed E-state index contributed by atoms with van der Waals surface area (Å²) in [4.78, 5) is 13.2. The molecule has 0 aromatic carbocycles. The fraction of sp³-hybridized carbons (Fsp3) is 0.833. The maximum atomic E-state index is 10.5. The lowest BCUT2D eigenvalue weighted by Crippen LogP contribution is -2.37. The molecule has 0 aliphatic rings. The van der Waals surface area contributed by atoms with Crippen LogP contribution in [0.1, 0.15) is 20.8 Å². The average molecular weight is 156 g/mol. The van der Waals surface area contributed by atoms with Crippen LogP contribution >= 0.6 is 0 Å². The van der Waals surface area contributed by atoms with E-state index < -0.39 is 0 Å². The summed E-state index contributed by atoms with van der Waals surface area (Å²) in [5, 5.41) is 6.07. The number of rotatable bonds is 3. The van der Waals surface area contributed by atoms with E-state index in [1.54, 1.807) is 13.8 Å². The lowest BCUT2D eigenvalue weighted by atomic mass is 10.2. The van der Waals surface area contributed by atoms with Gasteiger partial charge >= 0.3 is 0 Å². The van der Waals surface area contributed by atoms with Crippen LogP contribution in [-0.4, -0.2) is 18.0 Å². The highest BCUT2D eigenvalue weighted by Crippen LogP contribution is 1.96. The summed E-state index contributed by atoms with van der Waals surface area (Å²) in [5.74, 6) is -0.113. The largest absolute Gasteiger partial charge is 0.353 e. The predicted molar refractivity (Wildman–Crippen MR) is 41.9 cm³/mol. The Kier molecular flexibility index (Phi) is 4.07. The molecule has 2 atom stereocenters. The highest BCUT2D eigenvalue weighted by atomic mass is 16.1. The zero-order chi connectivity index (χ0) is 8.85. The molecule has 0 aromatic rings. The van der Waals surface area contributed by atoms with Crippen LogP contribution < -0.4 is 5.32 Å². The lowest BCUT2D eigenvalue weighted by Gasteiger charge is -2.15. The predicted octanol–water partition coefficient (Wildman–Crippen LogP) is 1.21. The molecule has 5 nitrogen and oxygen atoms in total. The third-order valence-electron chi connectivity index (χ3n) is 1.39. The molecule has 11 heavy (non-hydrogen) atoms. The zero-order valence-electron chi connectivity index (χ0n) is 6.90. The minimum atomic E-state index is -0.205. The Morgan fingerprint density at radius 2 is 2.18 bits per heavy atom. The quantitative estimate of drug-likeness (QED) is 0.372. The summed E-state index contributed by atoms with van der Waals surface area (Å²) in [7, 11) is 0. The molecule has 1 amide bonds. The SMILES string of the molecule is CC(=O)N[C@@H](C)C(C)N=[N+]=[N-]. The van der Waals surface area contributed by atoms with Crippen LogP contribution in [-0.2, 0) is 4.79 Å². The van der Waals surface area contributed by atoms with Crippen molar-refractivity contribution in [3.8, 4) is 0 Å². The smallest absolute Gasteiger partial charge is 0.217 e. The van der Waals surface area contributed by atoms with E-state index in [0.29, 0.717) is 0 Å². The van der Waals surface area contributed by atoms with Gasteiger partial charge in [-0.25, -0.2) is 0 Å². The second-order valence-electron chi connectivity index (χ2n) is 2.43. The van der Waals surface area contributed by atoms with Gasteiger partial charge in [0, 0.05) is 17.9 Å². The van der Waals surface area contributed by atoms with E-state index in [9.17, 15) is 4.79 Å². The first-order chi connectivity index (χ1) is 5.07. The van der Waals surface area contributed by atoms with Gasteiger partial charge in [-0.15, -0.1) is 0 Å². The summed E-state index contributed by atoms with van der Waals surface area (Å²) in [6, 6.07) is -0.313. The van der Waals surface area contributed by atoms with Crippen molar-refractivity contribution < 1.29 is 4.79 Å². The summed E-state index contributed by atoms with van der Waals surface area (Å²) < 4.78 is 0. The van der Waals surface area contributed by atoms with Crippen LogP contribution in [0, 0.1) is 0 Å². The number of carbonyl (C=O) groups excluding carboxylic acids is 1. The standard InChI is InChI=1S/C6H12N4O/c1-4(8-6(3)11)5(2)9-10-7/h4-5H,1-3H3,(H,8,11)/t4-,5?/m0/s1. The van der Waals surface area contributed by atoms with Gasteiger partial charge in [0.05, 0.1) is 6.04 Å². The second kappa shape index (κ2) is 4.57. The number of azide groups is 1. The molecule has 0 bridgehead atoms. The van der Waals surface area contributed by atoms with Crippen molar-refractivity contribution in [1.29, 1.82) is 0 Å². The molecule has 0 aliphatic heterocycles. The number of nitrogens with zero attached hydrogens (tertiary/aromatic N) is 3. The topological polar surface area (TPSA) is 77.9 Å². The van der Waals surface area contributed by atoms with Gasteiger partial charge in [0.15, 0.2) is 0 Å². The highest BCUT2D eigenvalue weighted by molar-refractivity contribution is 5.73. The first-order valence-electron chi connectivity index (χ1n) is 3.39. The normalized spacial score (nSPS) is 14.5. The Morgan fingerprint density at radius 3 is 2.55 bits per heavy atom. The molecule has 0 heterocycles. The summed E-state index contributed by atoms with van der Waals surface area (Å²) >= 11 is 0. The Labute approximate surface area is 65.4 Å². The molecule has 62 valence electrons. The number of carbonyl (C=O) groups is 1. The Bertz CT molecular complexity index is 185. The van der Waals surface area contributed by atoms with Crippen LogP contribution in [0.5, 0.6) is 0 Å². The van der Waals surface area contributed by atoms with Crippen molar-refractivity contribution in [2.45, 2.75) is 32.9 Å². The van der Waals surface area contributed by atoms with E-state index in [4.69, 9.17) is 5.53 Å². The molecular formula is C6H12N4O. The molecule has 0 fully saturated rings. The van der Waals surface area contributed by atoms with Gasteiger partial charge in [-0.1, -0.05) is 12.0 Å². The van der Waals surface area contributed by atoms with Gasteiger partial charge in [0.25, 0.3) is 0 Å². The van der Waals surface area contributed by atoms with Crippen molar-refractivity contribution in [2.24, 2.45) is 5.11 Å². The molecule has 0 saturated carbocycles. The Hall–Kier alpha value is -1.22. The number of nitrogens with one attached hydrogen (secondary N) is 1. The van der Waals surface area contributed by atoms with E-state index in [-0.39, 0.29) is 18.0 Å². The molecule has 5 heteroatoms. The van der Waals surface area contributed by atoms with Gasteiger partial charge in [-0.05, 0) is 12.5 Å². The molecule has 0 saturated heterocycles. The minimum absolute atomic E-state index is 0.108. The maximum Gasteiger partial charge on any atom is 0.217 e. The molecule has 1 N–H and O–H groups in total. The van der Waals surface area contributed by atoms with Gasteiger partial charge in [-0.2, -0.15) is 0 Å². The third-order valence-corrected chi connectivity index (χ3v) is 1.39. The fourth-order valence-electron chi connectivity index (χ4n) is 0.623. The molecule has 1 unspecified atom stereocenters. The van der Waals surface area contributed by atoms with E-state index in [1.165, 1.54) is 6.92 Å². The fourth-order valence-corrected chi connectivity index (χ4v) is 0.623. The van der Waals surface area contributed by atoms with Crippen molar-refractivity contribution in [3.05, 3.63) is 10.4 Å². The maximum absolute atomic E-state index is 10.5. The highest BCUT2D eigenvalue weighted by Gasteiger charge is 2.09. The van der Waals surface area contributed by atoms with E-state index in [0.717, 1.165) is 0 Å². The summed E-state index contributed by atoms with van der Waals surface area (Å²) in [6.45, 7) is 4.97. The Morgan fingerprint density at radius 1 is 1.64 bits per heavy atom. The molecule has 0 aliphatic carbocycles. The summed E-state index contributed by atoms with van der Waals surface area (Å²) in [6.07, 6.45) is 0. The molecule has 0 radical (unpaired) electrons. The first-order valence-corrected chi connectivity index (χ1v) is 3.39. The van der Waals surface area contributed by atoms with Gasteiger partial charge in [-0.3, -0.25) is 4.79 Å². The zero-order valence-corrected chi connectivity index (χ0v) is 6.90. The molecule has 0 aromatic heterocycles. The number of hydrogen-bond acceptors (Lipinski definition) is 2. The van der Waals surface area contributed by atoms with Crippen molar-refractivity contribution >= 4 is 5.91 Å². The van der Waals surface area contributed by atoms with Gasteiger partial charge < -0.3 is 5.32 Å². The molecule has 0 spiro atoms. The first kappa shape index (κ1) is 9.78. The minimum Gasteiger partial charge on any atom is -0.353 e. The van der Waals surface area contributed by atoms with E-state index in [1.807, 2.05) is 0 Å². The summed E-state index contributed by atoms with van der Waals surface area (Å²) in [5.41, 5.74) is 8.07. The van der Waals surface area contributed by atoms with Crippen molar-refractivity contribution in [1.82, 2.24) is 5.32 Å². The van der Waals surface area contributed by atoms with Crippen molar-refractivity contribution in [2.75, 3.05) is 0 Å². The van der Waals surface area contributed by atoms with Crippen LogP contribution in [0.2, 0.25) is 0 Å². The third kappa shape index (κ3) is 4.22. The monoisotopic (exact) mass is 156 g/mol. The molecule has 0 rings (SSSR count). The van der Waals surface area contributed by atoms with Crippen LogP contribution in [0.4, 0.5) is 0 Å². The van der Waals surface area contributed by atoms with E-state index in [2.05, 4.69) is 15.3 Å².